The van der Waals surface area contributed by atoms with Crippen molar-refractivity contribution in [3.8, 4) is 11.5 Å². The average molecular weight is 532 g/mol. The van der Waals surface area contributed by atoms with E-state index in [0.717, 1.165) is 49.0 Å². The van der Waals surface area contributed by atoms with E-state index in [0.29, 0.717) is 18.7 Å². The number of carbonyl (C=O) groups excluding carboxylic acids is 2. The maximum Gasteiger partial charge on any atom is 0.302 e. The summed E-state index contributed by atoms with van der Waals surface area (Å²) in [7, 11) is 5.30. The number of hydrogen-bond donors (Lipinski definition) is 1. The number of benzene rings is 1. The Morgan fingerprint density at radius 2 is 2.08 bits per heavy atom. The van der Waals surface area contributed by atoms with Crippen LogP contribution in [0.3, 0.4) is 0 Å². The van der Waals surface area contributed by atoms with Gasteiger partial charge in [-0.3, -0.25) is 14.6 Å². The topological polar surface area (TPSA) is 85.2 Å². The zero-order valence-electron chi connectivity index (χ0n) is 21.4. The van der Waals surface area contributed by atoms with Crippen molar-refractivity contribution >= 4 is 39.6 Å². The first-order valence-electron chi connectivity index (χ1n) is 13.0. The molecule has 6 nitrogen and oxygen atoms in total. The van der Waals surface area contributed by atoms with E-state index in [2.05, 4.69) is 18.0 Å². The van der Waals surface area contributed by atoms with Crippen LogP contribution in [-0.2, 0) is 20.7 Å². The molecule has 0 bridgehead atoms. The summed E-state index contributed by atoms with van der Waals surface area (Å²) >= 11 is 0. The molecule has 1 N–H and O–H groups in total. The maximum atomic E-state index is 13.6. The number of unbranched alkanes of at least 4 members (excludes halogenated alkanes) is 1. The fourth-order valence-corrected chi connectivity index (χ4v) is 9.15. The monoisotopic (exact) mass is 531 g/mol. The van der Waals surface area contributed by atoms with Crippen LogP contribution in [0, 0.1) is 11.8 Å². The molecule has 196 valence electrons. The van der Waals surface area contributed by atoms with Gasteiger partial charge in [0, 0.05) is 54.7 Å². The SMILES string of the molecule is CCCC[C@H]1[C@@H](OC(C)=O)CC(=O)C[C@H]2c3cc(OC)c(O)cc3CC[C@H]2SSC[C@@H]1C1=CCN=C1. The third-order valence-electron chi connectivity index (χ3n) is 7.61. The number of esters is 1. The molecule has 1 saturated heterocycles. The molecule has 2 aliphatic heterocycles. The van der Waals surface area contributed by atoms with Gasteiger partial charge in [-0.25, -0.2) is 0 Å². The lowest BCUT2D eigenvalue weighted by atomic mass is 9.76. The number of aliphatic imine (C=N–C) groups is 1. The first-order valence-corrected chi connectivity index (χ1v) is 15.4. The normalized spacial score (nSPS) is 28.5. The molecule has 0 radical (unpaired) electrons. The van der Waals surface area contributed by atoms with Crippen LogP contribution < -0.4 is 4.74 Å². The number of aromatic hydroxyl groups is 1. The number of methoxy groups -OCH3 is 1. The number of ether oxygens (including phenoxy) is 2. The minimum atomic E-state index is -0.444. The Hall–Kier alpha value is -1.93. The van der Waals surface area contributed by atoms with Crippen molar-refractivity contribution in [2.45, 2.75) is 76.1 Å². The summed E-state index contributed by atoms with van der Waals surface area (Å²) in [5.41, 5.74) is 3.39. The smallest absolute Gasteiger partial charge is 0.302 e. The van der Waals surface area contributed by atoms with Crippen LogP contribution in [0.1, 0.15) is 69.4 Å². The molecule has 0 aromatic heterocycles. The van der Waals surface area contributed by atoms with Gasteiger partial charge in [0.15, 0.2) is 11.5 Å². The fourth-order valence-electron chi connectivity index (χ4n) is 5.82. The van der Waals surface area contributed by atoms with E-state index in [1.165, 1.54) is 12.5 Å². The molecular formula is C28H37NO5S2. The van der Waals surface area contributed by atoms with Gasteiger partial charge >= 0.3 is 5.97 Å². The quantitative estimate of drug-likeness (QED) is 0.361. The van der Waals surface area contributed by atoms with Crippen molar-refractivity contribution in [1.29, 1.82) is 0 Å². The van der Waals surface area contributed by atoms with Crippen molar-refractivity contribution in [3.63, 3.8) is 0 Å². The second-order valence-corrected chi connectivity index (χ2v) is 12.6. The lowest BCUT2D eigenvalue weighted by molar-refractivity contribution is -0.151. The Bertz CT molecular complexity index is 1020. The summed E-state index contributed by atoms with van der Waals surface area (Å²) in [6, 6.07) is 3.71. The predicted octanol–water partition coefficient (Wildman–Crippen LogP) is 5.91. The Kier molecular flexibility index (Phi) is 9.45. The van der Waals surface area contributed by atoms with Crippen LogP contribution in [0.15, 0.2) is 28.8 Å². The van der Waals surface area contributed by atoms with Crippen molar-refractivity contribution in [3.05, 3.63) is 34.9 Å². The van der Waals surface area contributed by atoms with Gasteiger partial charge in [0.1, 0.15) is 11.9 Å². The number of rotatable bonds is 6. The van der Waals surface area contributed by atoms with Gasteiger partial charge in [-0.15, -0.1) is 0 Å². The van der Waals surface area contributed by atoms with Gasteiger partial charge < -0.3 is 14.6 Å². The molecule has 1 fully saturated rings. The Morgan fingerprint density at radius 3 is 2.78 bits per heavy atom. The number of ketones is 1. The van der Waals surface area contributed by atoms with Crippen molar-refractivity contribution < 1.29 is 24.2 Å². The summed E-state index contributed by atoms with van der Waals surface area (Å²) in [4.78, 5) is 30.2. The number of phenolic OH excluding ortho intramolecular Hbond substituents is 1. The van der Waals surface area contributed by atoms with Crippen LogP contribution in [0.2, 0.25) is 0 Å². The van der Waals surface area contributed by atoms with Gasteiger partial charge in [-0.2, -0.15) is 0 Å². The lowest BCUT2D eigenvalue weighted by Crippen LogP contribution is -2.36. The highest BCUT2D eigenvalue weighted by molar-refractivity contribution is 8.76. The number of Topliss-reactive ketones (excluding diaryl/α,β-unsaturated/α-hetero) is 1. The minimum absolute atomic E-state index is 0.0316. The van der Waals surface area contributed by atoms with Gasteiger partial charge in [0.2, 0.25) is 0 Å². The summed E-state index contributed by atoms with van der Waals surface area (Å²) in [6.45, 7) is 4.30. The minimum Gasteiger partial charge on any atom is -0.504 e. The average Bonchev–Trinajstić information content (AvgIpc) is 3.37. The standard InChI is InChI=1S/C28H37NO5S2/c1-4-5-6-21-24(19-9-10-29-15-19)16-35-36-28-8-7-18-11-25(32)27(33-3)14-22(18)23(28)12-20(31)13-26(21)34-17(2)30/h9,11,14-15,21,23-24,26,28,32H,4-8,10,12-13,16H2,1-3H3/t21-,23+,24-,26+,28-/m1/s1. The molecule has 0 saturated carbocycles. The second kappa shape index (κ2) is 12.5. The van der Waals surface area contributed by atoms with Crippen molar-refractivity contribution in [1.82, 2.24) is 0 Å². The molecule has 4 rings (SSSR count). The number of aryl methyl sites for hydroxylation is 1. The van der Waals surface area contributed by atoms with Gasteiger partial charge in [-0.1, -0.05) is 47.4 Å². The fraction of sp³-hybridized carbons (Fsp3) is 0.607. The van der Waals surface area contributed by atoms with Crippen LogP contribution >= 0.6 is 21.6 Å². The molecule has 1 aliphatic carbocycles. The summed E-state index contributed by atoms with van der Waals surface area (Å²) < 4.78 is 11.3. The van der Waals surface area contributed by atoms with Crippen molar-refractivity contribution in [2.24, 2.45) is 16.8 Å². The molecule has 0 spiro atoms. The van der Waals surface area contributed by atoms with Gasteiger partial charge in [0.05, 0.1) is 13.7 Å². The zero-order chi connectivity index (χ0) is 25.7. The highest BCUT2D eigenvalue weighted by Gasteiger charge is 2.39. The zero-order valence-corrected chi connectivity index (χ0v) is 23.0. The molecule has 1 aromatic carbocycles. The third-order valence-corrected chi connectivity index (χ3v) is 10.6. The number of hydrogen-bond acceptors (Lipinski definition) is 8. The first kappa shape index (κ1) is 27.1. The number of fused-ring (bicyclic) bond motifs is 3. The third kappa shape index (κ3) is 6.31. The number of carbonyl (C=O) groups is 2. The molecule has 0 unspecified atom stereocenters. The molecule has 1 aromatic rings. The van der Waals surface area contributed by atoms with Gasteiger partial charge in [0.25, 0.3) is 0 Å². The number of phenols is 1. The molecule has 0 amide bonds. The summed E-state index contributed by atoms with van der Waals surface area (Å²) in [6.07, 6.45) is 9.15. The van der Waals surface area contributed by atoms with E-state index >= 15 is 0 Å². The maximum absolute atomic E-state index is 13.6. The lowest BCUT2D eigenvalue weighted by Gasteiger charge is -2.33. The number of nitrogens with zero attached hydrogens (tertiary/aromatic N) is 1. The highest BCUT2D eigenvalue weighted by atomic mass is 33.1. The second-order valence-electron chi connectivity index (χ2n) is 9.99. The largest absolute Gasteiger partial charge is 0.504 e. The molecule has 5 atom stereocenters. The number of allylic oxidation sites excluding steroid dienone is 1. The Morgan fingerprint density at radius 1 is 1.25 bits per heavy atom. The molecule has 2 heterocycles. The Balaban J connectivity index is 1.69. The van der Waals surface area contributed by atoms with E-state index < -0.39 is 6.10 Å². The highest BCUT2D eigenvalue weighted by Crippen LogP contribution is 2.49. The summed E-state index contributed by atoms with van der Waals surface area (Å²) in [5, 5.41) is 10.6. The molecular weight excluding hydrogens is 494 g/mol. The van der Waals surface area contributed by atoms with E-state index in [4.69, 9.17) is 9.47 Å². The van der Waals surface area contributed by atoms with Crippen LogP contribution in [0.25, 0.3) is 0 Å². The molecule has 3 aliphatic rings. The van der Waals surface area contributed by atoms with Crippen LogP contribution in [0.5, 0.6) is 11.5 Å². The summed E-state index contributed by atoms with van der Waals surface area (Å²) in [5.74, 6) is 1.55. The predicted molar refractivity (Wildman–Crippen MR) is 147 cm³/mol. The first-order chi connectivity index (χ1) is 17.4. The Labute approximate surface area is 222 Å². The van der Waals surface area contributed by atoms with Gasteiger partial charge in [-0.05, 0) is 48.1 Å². The molecule has 8 heteroatoms. The van der Waals surface area contributed by atoms with Crippen LogP contribution in [-0.4, -0.2) is 53.8 Å². The van der Waals surface area contributed by atoms with Crippen molar-refractivity contribution in [2.75, 3.05) is 19.4 Å². The van der Waals surface area contributed by atoms with E-state index in [1.807, 2.05) is 33.9 Å². The molecule has 36 heavy (non-hydrogen) atoms. The van der Waals surface area contributed by atoms with E-state index in [9.17, 15) is 14.7 Å². The van der Waals surface area contributed by atoms with E-state index in [-0.39, 0.29) is 46.9 Å². The van der Waals surface area contributed by atoms with Crippen LogP contribution in [0.4, 0.5) is 0 Å². The van der Waals surface area contributed by atoms with E-state index in [1.54, 1.807) is 13.2 Å².